The number of aromatic nitrogens is 4. The van der Waals surface area contributed by atoms with E-state index in [0.29, 0.717) is 5.39 Å². The Bertz CT molecular complexity index is 1770. The highest BCUT2D eigenvalue weighted by molar-refractivity contribution is 7.52. The van der Waals surface area contributed by atoms with E-state index >= 15 is 0 Å². The number of nitrogen functional groups attached to an aromatic ring is 1. The summed E-state index contributed by atoms with van der Waals surface area (Å²) in [6.07, 6.45) is -2.63. The van der Waals surface area contributed by atoms with Gasteiger partial charge in [-0.2, -0.15) is 15.1 Å². The first-order valence-electron chi connectivity index (χ1n) is 14.6. The standard InChI is InChI=1S/C30H39N6O9P/c1-17(26(38)42-15-29(2,3)4)35-46(40,45-20-13-9-11-18-10-7-8-12-19(18)20)43-14-21-23(37)30(5,39)27(44-21)36-16-32-22-24(36)33-28(31)34-25(22)41-6/h7-13,16-17,21,23,27,37,39H,14-15H2,1-6H3,(H,35,40)(H2,31,33,34)/t17-,21-,23-,27-,30+,46?/m1/s1. The molecule has 0 aliphatic carbocycles. The van der Waals surface area contributed by atoms with Gasteiger partial charge in [-0.15, -0.1) is 0 Å². The number of nitrogens with two attached hydrogens (primary N) is 1. The van der Waals surface area contributed by atoms with Gasteiger partial charge in [0.25, 0.3) is 0 Å². The molecule has 4 aromatic rings. The van der Waals surface area contributed by atoms with E-state index in [9.17, 15) is 19.6 Å². The highest BCUT2D eigenvalue weighted by Crippen LogP contribution is 2.48. The van der Waals surface area contributed by atoms with E-state index in [2.05, 4.69) is 20.0 Å². The normalized spacial score (nSPS) is 23.7. The molecule has 0 amide bonds. The summed E-state index contributed by atoms with van der Waals surface area (Å²) in [5, 5.41) is 26.7. The van der Waals surface area contributed by atoms with Crippen molar-refractivity contribution in [1.29, 1.82) is 0 Å². The average molecular weight is 659 g/mol. The zero-order valence-electron chi connectivity index (χ0n) is 26.4. The third kappa shape index (κ3) is 6.94. The summed E-state index contributed by atoms with van der Waals surface area (Å²) in [5.41, 5.74) is 4.11. The van der Waals surface area contributed by atoms with Gasteiger partial charge in [0.2, 0.25) is 11.8 Å². The van der Waals surface area contributed by atoms with Crippen molar-refractivity contribution in [2.45, 2.75) is 64.7 Å². The molecule has 1 aliphatic rings. The Balaban J connectivity index is 1.40. The van der Waals surface area contributed by atoms with E-state index in [4.69, 9.17) is 29.0 Å². The third-order valence-electron chi connectivity index (χ3n) is 7.34. The molecule has 0 saturated carbocycles. The Labute approximate surface area is 265 Å². The van der Waals surface area contributed by atoms with E-state index in [1.165, 1.54) is 31.9 Å². The summed E-state index contributed by atoms with van der Waals surface area (Å²) in [6, 6.07) is 11.4. The lowest BCUT2D eigenvalue weighted by atomic mass is 9.96. The van der Waals surface area contributed by atoms with Gasteiger partial charge in [0.05, 0.1) is 26.7 Å². The van der Waals surface area contributed by atoms with Gasteiger partial charge in [-0.3, -0.25) is 13.9 Å². The first-order valence-corrected chi connectivity index (χ1v) is 16.1. The van der Waals surface area contributed by atoms with Crippen molar-refractivity contribution in [3.63, 3.8) is 0 Å². The topological polar surface area (TPSA) is 202 Å². The van der Waals surface area contributed by atoms with Crippen LogP contribution in [0.1, 0.15) is 40.8 Å². The number of rotatable bonds is 11. The van der Waals surface area contributed by atoms with Gasteiger partial charge in [0, 0.05) is 5.39 Å². The monoisotopic (exact) mass is 658 g/mol. The van der Waals surface area contributed by atoms with Gasteiger partial charge in [-0.05, 0) is 30.7 Å². The minimum absolute atomic E-state index is 0.100. The van der Waals surface area contributed by atoms with Crippen molar-refractivity contribution in [2.24, 2.45) is 5.41 Å². The van der Waals surface area contributed by atoms with Crippen molar-refractivity contribution in [3.05, 3.63) is 48.8 Å². The molecule has 0 bridgehead atoms. The number of aliphatic hydroxyl groups is 2. The molecule has 16 heteroatoms. The van der Waals surface area contributed by atoms with Crippen LogP contribution in [0.2, 0.25) is 0 Å². The summed E-state index contributed by atoms with van der Waals surface area (Å²) in [7, 11) is -2.97. The minimum Gasteiger partial charge on any atom is -0.479 e. The molecular weight excluding hydrogens is 619 g/mol. The molecule has 248 valence electrons. The summed E-state index contributed by atoms with van der Waals surface area (Å²) in [4.78, 5) is 25.3. The van der Waals surface area contributed by atoms with Crippen LogP contribution in [0, 0.1) is 5.41 Å². The molecule has 2 aromatic heterocycles. The molecule has 5 N–H and O–H groups in total. The molecular formula is C30H39N6O9P. The van der Waals surface area contributed by atoms with Crippen molar-refractivity contribution >= 4 is 41.6 Å². The van der Waals surface area contributed by atoms with E-state index in [0.717, 1.165) is 5.39 Å². The number of fused-ring (bicyclic) bond motifs is 2. The quantitative estimate of drug-likeness (QED) is 0.135. The van der Waals surface area contributed by atoms with Gasteiger partial charge >= 0.3 is 13.7 Å². The fourth-order valence-corrected chi connectivity index (χ4v) is 6.49. The predicted molar refractivity (Wildman–Crippen MR) is 168 cm³/mol. The third-order valence-corrected chi connectivity index (χ3v) is 8.97. The Kier molecular flexibility index (Phi) is 9.28. The number of aliphatic hydroxyl groups excluding tert-OH is 1. The SMILES string of the molecule is COc1nc(N)nc2c1ncn2[C@@H]1O[C@H](COP(=O)(N[C@H](C)C(=O)OCC(C)(C)C)Oc2cccc3ccccc23)[C@@H](O)[C@]1(C)O. The van der Waals surface area contributed by atoms with E-state index in [1.54, 1.807) is 24.3 Å². The largest absolute Gasteiger partial charge is 0.479 e. The fraction of sp³-hybridized carbons (Fsp3) is 0.467. The molecule has 0 spiro atoms. The number of carbonyl (C=O) groups is 1. The van der Waals surface area contributed by atoms with Crippen LogP contribution >= 0.6 is 7.75 Å². The van der Waals surface area contributed by atoms with E-state index < -0.39 is 50.4 Å². The van der Waals surface area contributed by atoms with E-state index in [-0.39, 0.29) is 40.8 Å². The summed E-state index contributed by atoms with van der Waals surface area (Å²) in [6.45, 7) is 8.20. The van der Waals surface area contributed by atoms with Gasteiger partial charge in [-0.1, -0.05) is 57.2 Å². The first-order chi connectivity index (χ1) is 21.6. The van der Waals surface area contributed by atoms with Crippen LogP contribution in [0.4, 0.5) is 5.95 Å². The molecule has 1 saturated heterocycles. The zero-order chi connectivity index (χ0) is 33.4. The molecule has 0 radical (unpaired) electrons. The smallest absolute Gasteiger partial charge is 0.459 e. The Hall–Kier alpha value is -3.85. The molecule has 2 aromatic carbocycles. The second-order valence-corrected chi connectivity index (χ2v) is 14.2. The number of methoxy groups -OCH3 is 1. The maximum atomic E-state index is 14.3. The van der Waals surface area contributed by atoms with Gasteiger partial charge < -0.3 is 34.7 Å². The highest BCUT2D eigenvalue weighted by Gasteiger charge is 2.54. The number of hydrogen-bond acceptors (Lipinski definition) is 13. The second kappa shape index (κ2) is 12.7. The fourth-order valence-electron chi connectivity index (χ4n) is 4.97. The Morgan fingerprint density at radius 1 is 1.22 bits per heavy atom. The van der Waals surface area contributed by atoms with Gasteiger partial charge in [-0.25, -0.2) is 9.55 Å². The molecule has 46 heavy (non-hydrogen) atoms. The number of ether oxygens (including phenoxy) is 3. The maximum Gasteiger partial charge on any atom is 0.459 e. The molecule has 1 aliphatic heterocycles. The highest BCUT2D eigenvalue weighted by atomic mass is 31.2. The molecule has 1 unspecified atom stereocenters. The summed E-state index contributed by atoms with van der Waals surface area (Å²) in [5.74, 6) is -0.411. The Morgan fingerprint density at radius 3 is 2.65 bits per heavy atom. The first kappa shape index (κ1) is 33.5. The number of benzene rings is 2. The van der Waals surface area contributed by atoms with Crippen molar-refractivity contribution < 1.29 is 42.8 Å². The van der Waals surface area contributed by atoms with Crippen LogP contribution in [0.5, 0.6) is 11.6 Å². The lowest BCUT2D eigenvalue weighted by Gasteiger charge is -2.27. The number of nitrogens with one attached hydrogen (secondary N) is 1. The second-order valence-electron chi connectivity index (χ2n) is 12.5. The van der Waals surface area contributed by atoms with Crippen LogP contribution in [0.25, 0.3) is 21.9 Å². The zero-order valence-corrected chi connectivity index (χ0v) is 27.3. The number of esters is 1. The number of imidazole rings is 1. The molecule has 6 atom stereocenters. The van der Waals surface area contributed by atoms with Crippen LogP contribution in [-0.4, -0.2) is 79.9 Å². The van der Waals surface area contributed by atoms with E-state index in [1.807, 2.05) is 39.0 Å². The summed E-state index contributed by atoms with van der Waals surface area (Å²) < 4.78 is 44.2. The molecule has 15 nitrogen and oxygen atoms in total. The number of hydrogen-bond donors (Lipinski definition) is 4. The van der Waals surface area contributed by atoms with Crippen LogP contribution in [0.3, 0.4) is 0 Å². The lowest BCUT2D eigenvalue weighted by molar-refractivity contribution is -0.148. The van der Waals surface area contributed by atoms with Crippen LogP contribution in [-0.2, 0) is 23.4 Å². The molecule has 3 heterocycles. The average Bonchev–Trinajstić information content (AvgIpc) is 3.51. The number of nitrogens with zero attached hydrogens (tertiary/aromatic N) is 4. The number of anilines is 1. The minimum atomic E-state index is -4.37. The van der Waals surface area contributed by atoms with Crippen LogP contribution in [0.15, 0.2) is 48.8 Å². The van der Waals surface area contributed by atoms with Crippen molar-refractivity contribution in [1.82, 2.24) is 24.6 Å². The van der Waals surface area contributed by atoms with Crippen molar-refractivity contribution in [3.8, 4) is 11.6 Å². The van der Waals surface area contributed by atoms with Crippen LogP contribution < -0.4 is 20.1 Å². The van der Waals surface area contributed by atoms with Gasteiger partial charge in [0.1, 0.15) is 29.6 Å². The summed E-state index contributed by atoms with van der Waals surface area (Å²) >= 11 is 0. The number of carbonyl (C=O) groups excluding carboxylic acids is 1. The van der Waals surface area contributed by atoms with Gasteiger partial charge in [0.15, 0.2) is 17.4 Å². The molecule has 5 rings (SSSR count). The van der Waals surface area contributed by atoms with Crippen molar-refractivity contribution in [2.75, 3.05) is 26.1 Å². The lowest BCUT2D eigenvalue weighted by Crippen LogP contribution is -2.44. The maximum absolute atomic E-state index is 14.3. The predicted octanol–water partition coefficient (Wildman–Crippen LogP) is 3.35. The Morgan fingerprint density at radius 2 is 1.93 bits per heavy atom. The molecule has 1 fully saturated rings.